The molecular formula is C15H16ClF2N3OS2. The fourth-order valence-corrected chi connectivity index (χ4v) is 4.55. The summed E-state index contributed by atoms with van der Waals surface area (Å²) in [5.41, 5.74) is 0.384. The SMILES string of the molecule is O=C(NC1CCN(CC(F)F)CC1)c1csc(-c2ccc(Cl)s2)n1. The number of nitrogens with zero attached hydrogens (tertiary/aromatic N) is 2. The van der Waals surface area contributed by atoms with Crippen LogP contribution in [0.2, 0.25) is 4.34 Å². The average molecular weight is 392 g/mol. The fraction of sp³-hybridized carbons (Fsp3) is 0.467. The van der Waals surface area contributed by atoms with Crippen molar-refractivity contribution in [3.05, 3.63) is 27.5 Å². The molecule has 0 spiro atoms. The Morgan fingerprint density at radius 3 is 2.79 bits per heavy atom. The lowest BCUT2D eigenvalue weighted by Crippen LogP contribution is -2.45. The van der Waals surface area contributed by atoms with E-state index in [9.17, 15) is 13.6 Å². The maximum absolute atomic E-state index is 12.4. The van der Waals surface area contributed by atoms with Crippen molar-refractivity contribution in [2.24, 2.45) is 0 Å². The van der Waals surface area contributed by atoms with E-state index < -0.39 is 6.43 Å². The van der Waals surface area contributed by atoms with Crippen LogP contribution in [0.5, 0.6) is 0 Å². The summed E-state index contributed by atoms with van der Waals surface area (Å²) in [6, 6.07) is 3.69. The van der Waals surface area contributed by atoms with Crippen LogP contribution in [0.3, 0.4) is 0 Å². The molecule has 2 aromatic heterocycles. The van der Waals surface area contributed by atoms with Crippen LogP contribution in [0, 0.1) is 0 Å². The van der Waals surface area contributed by atoms with Gasteiger partial charge in [0.2, 0.25) is 0 Å². The van der Waals surface area contributed by atoms with Crippen molar-refractivity contribution in [2.45, 2.75) is 25.3 Å². The number of likely N-dealkylation sites (tertiary alicyclic amines) is 1. The van der Waals surface area contributed by atoms with Crippen molar-refractivity contribution in [2.75, 3.05) is 19.6 Å². The lowest BCUT2D eigenvalue weighted by atomic mass is 10.0. The summed E-state index contributed by atoms with van der Waals surface area (Å²) in [5.74, 6) is -0.215. The molecule has 0 bridgehead atoms. The van der Waals surface area contributed by atoms with E-state index in [0.29, 0.717) is 36.0 Å². The number of carbonyl (C=O) groups is 1. The number of thiazole rings is 1. The first kappa shape index (κ1) is 17.7. The van der Waals surface area contributed by atoms with Crippen LogP contribution in [0.4, 0.5) is 8.78 Å². The predicted octanol–water partition coefficient (Wildman–Crippen LogP) is 3.98. The number of halogens is 3. The molecule has 130 valence electrons. The molecule has 0 saturated carbocycles. The molecule has 3 rings (SSSR count). The van der Waals surface area contributed by atoms with Crippen LogP contribution in [-0.4, -0.2) is 47.9 Å². The summed E-state index contributed by atoms with van der Waals surface area (Å²) in [7, 11) is 0. The molecule has 0 unspecified atom stereocenters. The topological polar surface area (TPSA) is 45.2 Å². The van der Waals surface area contributed by atoms with Crippen molar-refractivity contribution >= 4 is 40.2 Å². The molecule has 1 fully saturated rings. The van der Waals surface area contributed by atoms with E-state index in [0.717, 1.165) is 9.88 Å². The molecule has 1 saturated heterocycles. The maximum atomic E-state index is 12.4. The fourth-order valence-electron chi connectivity index (χ4n) is 2.63. The molecule has 1 amide bonds. The smallest absolute Gasteiger partial charge is 0.270 e. The van der Waals surface area contributed by atoms with Gasteiger partial charge >= 0.3 is 0 Å². The van der Waals surface area contributed by atoms with Gasteiger partial charge in [0.15, 0.2) is 0 Å². The third kappa shape index (κ3) is 4.50. The molecule has 24 heavy (non-hydrogen) atoms. The van der Waals surface area contributed by atoms with Gasteiger partial charge in [-0.25, -0.2) is 13.8 Å². The number of carbonyl (C=O) groups excluding carboxylic acids is 1. The van der Waals surface area contributed by atoms with Gasteiger partial charge in [-0.2, -0.15) is 0 Å². The van der Waals surface area contributed by atoms with Crippen LogP contribution >= 0.6 is 34.3 Å². The van der Waals surface area contributed by atoms with Gasteiger partial charge in [-0.1, -0.05) is 11.6 Å². The first-order valence-electron chi connectivity index (χ1n) is 7.54. The number of alkyl halides is 2. The Hall–Kier alpha value is -1.09. The minimum absolute atomic E-state index is 0.00718. The molecule has 2 aromatic rings. The number of hydrogen-bond acceptors (Lipinski definition) is 5. The molecule has 1 aliphatic heterocycles. The number of nitrogens with one attached hydrogen (secondary N) is 1. The zero-order valence-electron chi connectivity index (χ0n) is 12.7. The molecule has 1 aliphatic rings. The molecule has 0 radical (unpaired) electrons. The number of aromatic nitrogens is 1. The van der Waals surface area contributed by atoms with E-state index in [1.165, 1.54) is 22.7 Å². The minimum Gasteiger partial charge on any atom is -0.348 e. The van der Waals surface area contributed by atoms with Crippen molar-refractivity contribution in [3.8, 4) is 9.88 Å². The van der Waals surface area contributed by atoms with Crippen LogP contribution < -0.4 is 5.32 Å². The Labute approximate surface area is 151 Å². The standard InChI is InChI=1S/C15H16ClF2N3OS2/c16-12-2-1-11(24-12)15-20-10(8-23-15)14(22)19-9-3-5-21(6-4-9)7-13(17)18/h1-2,8-9,13H,3-7H2,(H,19,22). The summed E-state index contributed by atoms with van der Waals surface area (Å²) < 4.78 is 25.4. The molecule has 1 N–H and O–H groups in total. The molecular weight excluding hydrogens is 376 g/mol. The summed E-state index contributed by atoms with van der Waals surface area (Å²) >= 11 is 8.74. The van der Waals surface area contributed by atoms with Gasteiger partial charge < -0.3 is 5.32 Å². The highest BCUT2D eigenvalue weighted by Crippen LogP contribution is 2.32. The van der Waals surface area contributed by atoms with Crippen LogP contribution in [0.1, 0.15) is 23.3 Å². The van der Waals surface area contributed by atoms with E-state index in [1.807, 2.05) is 6.07 Å². The van der Waals surface area contributed by atoms with Crippen molar-refractivity contribution in [1.29, 1.82) is 0 Å². The second kappa shape index (κ2) is 7.86. The first-order chi connectivity index (χ1) is 11.5. The first-order valence-corrected chi connectivity index (χ1v) is 9.61. The molecule has 0 atom stereocenters. The van der Waals surface area contributed by atoms with Crippen LogP contribution in [0.25, 0.3) is 9.88 Å². The maximum Gasteiger partial charge on any atom is 0.270 e. The second-order valence-corrected chi connectivity index (χ2v) is 8.15. The van der Waals surface area contributed by atoms with Gasteiger partial charge in [0.1, 0.15) is 10.7 Å². The molecule has 3 heterocycles. The van der Waals surface area contributed by atoms with Crippen molar-refractivity contribution < 1.29 is 13.6 Å². The Kier molecular flexibility index (Phi) is 5.80. The predicted molar refractivity (Wildman–Crippen MR) is 93.4 cm³/mol. The summed E-state index contributed by atoms with van der Waals surface area (Å²) in [4.78, 5) is 19.3. The lowest BCUT2D eigenvalue weighted by molar-refractivity contribution is 0.0695. The van der Waals surface area contributed by atoms with E-state index in [-0.39, 0.29) is 18.5 Å². The summed E-state index contributed by atoms with van der Waals surface area (Å²) in [5, 5.41) is 5.44. The highest BCUT2D eigenvalue weighted by Gasteiger charge is 2.23. The summed E-state index contributed by atoms with van der Waals surface area (Å²) in [6.07, 6.45) is -0.957. The second-order valence-electron chi connectivity index (χ2n) is 5.58. The quantitative estimate of drug-likeness (QED) is 0.838. The number of amides is 1. The van der Waals surface area contributed by atoms with Crippen LogP contribution in [0.15, 0.2) is 17.5 Å². The third-order valence-corrected chi connectivity index (χ3v) is 6.08. The molecule has 0 aliphatic carbocycles. The summed E-state index contributed by atoms with van der Waals surface area (Å²) in [6.45, 7) is 0.954. The van der Waals surface area contributed by atoms with Gasteiger partial charge in [0, 0.05) is 24.5 Å². The number of hydrogen-bond donors (Lipinski definition) is 1. The monoisotopic (exact) mass is 391 g/mol. The normalized spacial score (nSPS) is 16.7. The number of thiophene rings is 1. The van der Waals surface area contributed by atoms with E-state index in [4.69, 9.17) is 11.6 Å². The van der Waals surface area contributed by atoms with E-state index in [1.54, 1.807) is 16.3 Å². The van der Waals surface area contributed by atoms with Gasteiger partial charge in [-0.15, -0.1) is 22.7 Å². The zero-order chi connectivity index (χ0) is 17.1. The Morgan fingerprint density at radius 1 is 1.42 bits per heavy atom. The number of piperidine rings is 1. The van der Waals surface area contributed by atoms with E-state index >= 15 is 0 Å². The minimum atomic E-state index is -2.31. The average Bonchev–Trinajstić information content (AvgIpc) is 3.17. The van der Waals surface area contributed by atoms with Gasteiger partial charge in [0.05, 0.1) is 15.8 Å². The van der Waals surface area contributed by atoms with Gasteiger partial charge in [-0.3, -0.25) is 9.69 Å². The zero-order valence-corrected chi connectivity index (χ0v) is 15.1. The molecule has 9 heteroatoms. The third-order valence-electron chi connectivity index (χ3n) is 3.84. The Balaban J connectivity index is 1.54. The largest absolute Gasteiger partial charge is 0.348 e. The number of rotatable bonds is 5. The Bertz CT molecular complexity index is 698. The lowest BCUT2D eigenvalue weighted by Gasteiger charge is -2.31. The molecule has 0 aromatic carbocycles. The highest BCUT2D eigenvalue weighted by molar-refractivity contribution is 7.23. The Morgan fingerprint density at radius 2 is 2.17 bits per heavy atom. The van der Waals surface area contributed by atoms with Crippen molar-refractivity contribution in [3.63, 3.8) is 0 Å². The van der Waals surface area contributed by atoms with Crippen molar-refractivity contribution in [1.82, 2.24) is 15.2 Å². The highest BCUT2D eigenvalue weighted by atomic mass is 35.5. The van der Waals surface area contributed by atoms with E-state index in [2.05, 4.69) is 10.3 Å². The van der Waals surface area contributed by atoms with Crippen LogP contribution in [-0.2, 0) is 0 Å². The van der Waals surface area contributed by atoms with Gasteiger partial charge in [0.25, 0.3) is 12.3 Å². The van der Waals surface area contributed by atoms with Gasteiger partial charge in [-0.05, 0) is 25.0 Å². The molecule has 4 nitrogen and oxygen atoms in total.